The molecule has 0 aromatic carbocycles. The second-order valence-electron chi connectivity index (χ2n) is 6.90. The van der Waals surface area contributed by atoms with Crippen LogP contribution in [0.1, 0.15) is 46.5 Å². The molecule has 0 aliphatic carbocycles. The fourth-order valence-electron chi connectivity index (χ4n) is 3.55. The van der Waals surface area contributed by atoms with Crippen molar-refractivity contribution in [3.8, 4) is 6.07 Å². The van der Waals surface area contributed by atoms with Crippen molar-refractivity contribution in [1.29, 1.82) is 5.26 Å². The molecule has 1 saturated heterocycles. The van der Waals surface area contributed by atoms with Crippen LogP contribution in [-0.4, -0.2) is 53.2 Å². The third kappa shape index (κ3) is 3.49. The van der Waals surface area contributed by atoms with Crippen LogP contribution in [0.15, 0.2) is 37.1 Å². The lowest BCUT2D eigenvalue weighted by atomic mass is 9.96. The summed E-state index contributed by atoms with van der Waals surface area (Å²) in [6.45, 7) is 1.90. The highest BCUT2D eigenvalue weighted by molar-refractivity contribution is 5.94. The van der Waals surface area contributed by atoms with E-state index in [0.717, 1.165) is 24.5 Å². The highest BCUT2D eigenvalue weighted by atomic mass is 16.2. The molecule has 1 fully saturated rings. The SMILES string of the molecule is Cn1c(Cn2ccnc2)nnc1C1CCCN(C(=O)c2ccc(C#N)nc2)C1. The molecule has 4 rings (SSSR count). The highest BCUT2D eigenvalue weighted by Gasteiger charge is 2.29. The molecular formula is C19H20N8O. The van der Waals surface area contributed by atoms with Crippen LogP contribution >= 0.6 is 0 Å². The number of piperidine rings is 1. The third-order valence-corrected chi connectivity index (χ3v) is 5.08. The van der Waals surface area contributed by atoms with Crippen molar-refractivity contribution in [1.82, 2.24) is 34.2 Å². The summed E-state index contributed by atoms with van der Waals surface area (Å²) in [6, 6.07) is 5.19. The Morgan fingerprint density at radius 1 is 1.36 bits per heavy atom. The predicted octanol–water partition coefficient (Wildman–Crippen LogP) is 1.35. The van der Waals surface area contributed by atoms with E-state index in [1.807, 2.05) is 33.3 Å². The summed E-state index contributed by atoms with van der Waals surface area (Å²) < 4.78 is 3.96. The molecule has 0 saturated carbocycles. The standard InChI is InChI=1S/C19H20N8O/c1-25-17(12-26-8-6-21-13-26)23-24-18(25)15-3-2-7-27(11-15)19(28)14-4-5-16(9-20)22-10-14/h4-6,8,10,13,15H,2-3,7,11-12H2,1H3. The maximum Gasteiger partial charge on any atom is 0.255 e. The molecule has 3 aromatic rings. The molecule has 9 nitrogen and oxygen atoms in total. The summed E-state index contributed by atoms with van der Waals surface area (Å²) in [7, 11) is 1.97. The minimum atomic E-state index is -0.0671. The largest absolute Gasteiger partial charge is 0.338 e. The predicted molar refractivity (Wildman–Crippen MR) is 99.2 cm³/mol. The topological polar surface area (TPSA) is 106 Å². The number of hydrogen-bond donors (Lipinski definition) is 0. The molecule has 1 amide bonds. The van der Waals surface area contributed by atoms with Crippen LogP contribution in [0.4, 0.5) is 0 Å². The number of rotatable bonds is 4. The smallest absolute Gasteiger partial charge is 0.255 e. The molecule has 142 valence electrons. The molecule has 1 aliphatic heterocycles. The Bertz CT molecular complexity index is 1000. The van der Waals surface area contributed by atoms with Gasteiger partial charge in [0.25, 0.3) is 5.91 Å². The average molecular weight is 376 g/mol. The summed E-state index contributed by atoms with van der Waals surface area (Å²) in [5.74, 6) is 1.82. The fraction of sp³-hybridized carbons (Fsp3) is 0.368. The van der Waals surface area contributed by atoms with E-state index in [-0.39, 0.29) is 11.8 Å². The van der Waals surface area contributed by atoms with Gasteiger partial charge in [-0.2, -0.15) is 5.26 Å². The van der Waals surface area contributed by atoms with Crippen molar-refractivity contribution in [2.75, 3.05) is 13.1 Å². The van der Waals surface area contributed by atoms with E-state index in [4.69, 9.17) is 5.26 Å². The molecule has 1 aliphatic rings. The van der Waals surface area contributed by atoms with Gasteiger partial charge < -0.3 is 14.0 Å². The molecular weight excluding hydrogens is 356 g/mol. The lowest BCUT2D eigenvalue weighted by molar-refractivity contribution is 0.0703. The molecule has 4 heterocycles. The van der Waals surface area contributed by atoms with Crippen molar-refractivity contribution < 1.29 is 4.79 Å². The molecule has 28 heavy (non-hydrogen) atoms. The van der Waals surface area contributed by atoms with Gasteiger partial charge in [-0.3, -0.25) is 4.79 Å². The first-order valence-electron chi connectivity index (χ1n) is 9.15. The summed E-state index contributed by atoms with van der Waals surface area (Å²) in [5, 5.41) is 17.6. The second kappa shape index (κ2) is 7.60. The van der Waals surface area contributed by atoms with Gasteiger partial charge in [-0.05, 0) is 25.0 Å². The Kier molecular flexibility index (Phi) is 4.85. The van der Waals surface area contributed by atoms with Crippen LogP contribution in [0, 0.1) is 11.3 Å². The number of nitriles is 1. The van der Waals surface area contributed by atoms with E-state index >= 15 is 0 Å². The Hall–Kier alpha value is -3.54. The first kappa shape index (κ1) is 17.9. The lowest BCUT2D eigenvalue weighted by Crippen LogP contribution is -2.39. The quantitative estimate of drug-likeness (QED) is 0.680. The van der Waals surface area contributed by atoms with E-state index in [1.54, 1.807) is 24.7 Å². The summed E-state index contributed by atoms with van der Waals surface area (Å²) >= 11 is 0. The summed E-state index contributed by atoms with van der Waals surface area (Å²) in [4.78, 5) is 22.7. The van der Waals surface area contributed by atoms with E-state index in [0.29, 0.717) is 30.9 Å². The third-order valence-electron chi connectivity index (χ3n) is 5.08. The maximum absolute atomic E-state index is 12.8. The zero-order valence-corrected chi connectivity index (χ0v) is 15.6. The monoisotopic (exact) mass is 376 g/mol. The second-order valence-corrected chi connectivity index (χ2v) is 6.90. The maximum atomic E-state index is 12.8. The number of imidazole rings is 1. The minimum Gasteiger partial charge on any atom is -0.338 e. The number of amides is 1. The zero-order chi connectivity index (χ0) is 19.5. The molecule has 0 bridgehead atoms. The van der Waals surface area contributed by atoms with Crippen molar-refractivity contribution in [2.24, 2.45) is 7.05 Å². The number of carbonyl (C=O) groups is 1. The number of nitrogens with zero attached hydrogens (tertiary/aromatic N) is 8. The normalized spacial score (nSPS) is 16.7. The van der Waals surface area contributed by atoms with Crippen LogP contribution < -0.4 is 0 Å². The van der Waals surface area contributed by atoms with Crippen molar-refractivity contribution in [3.63, 3.8) is 0 Å². The van der Waals surface area contributed by atoms with E-state index in [9.17, 15) is 4.79 Å². The molecule has 3 aromatic heterocycles. The van der Waals surface area contributed by atoms with Gasteiger partial charge in [0, 0.05) is 44.6 Å². The molecule has 0 radical (unpaired) electrons. The Balaban J connectivity index is 1.48. The molecule has 1 unspecified atom stereocenters. The molecule has 9 heteroatoms. The van der Waals surface area contributed by atoms with Crippen LogP contribution in [-0.2, 0) is 13.6 Å². The highest BCUT2D eigenvalue weighted by Crippen LogP contribution is 2.26. The van der Waals surface area contributed by atoms with E-state index in [2.05, 4.69) is 20.2 Å². The lowest BCUT2D eigenvalue weighted by Gasteiger charge is -2.32. The van der Waals surface area contributed by atoms with Crippen LogP contribution in [0.3, 0.4) is 0 Å². The fourth-order valence-corrected chi connectivity index (χ4v) is 3.55. The van der Waals surface area contributed by atoms with Gasteiger partial charge >= 0.3 is 0 Å². The number of aromatic nitrogens is 6. The summed E-state index contributed by atoms with van der Waals surface area (Å²) in [6.07, 6.45) is 8.72. The van der Waals surface area contributed by atoms with E-state index < -0.39 is 0 Å². The number of likely N-dealkylation sites (tertiary alicyclic amines) is 1. The van der Waals surface area contributed by atoms with Gasteiger partial charge in [0.05, 0.1) is 18.4 Å². The zero-order valence-electron chi connectivity index (χ0n) is 15.6. The molecule has 0 spiro atoms. The van der Waals surface area contributed by atoms with E-state index in [1.165, 1.54) is 6.20 Å². The molecule has 0 N–H and O–H groups in total. The number of hydrogen-bond acceptors (Lipinski definition) is 6. The van der Waals surface area contributed by atoms with Gasteiger partial charge in [-0.25, -0.2) is 9.97 Å². The van der Waals surface area contributed by atoms with Gasteiger partial charge in [0.15, 0.2) is 5.82 Å². The van der Waals surface area contributed by atoms with Crippen LogP contribution in [0.25, 0.3) is 0 Å². The van der Waals surface area contributed by atoms with Crippen molar-refractivity contribution in [2.45, 2.75) is 25.3 Å². The van der Waals surface area contributed by atoms with Crippen LogP contribution in [0.2, 0.25) is 0 Å². The average Bonchev–Trinajstić information content (AvgIpc) is 3.38. The van der Waals surface area contributed by atoms with Gasteiger partial charge in [-0.15, -0.1) is 10.2 Å². The molecule has 1 atom stereocenters. The Morgan fingerprint density at radius 2 is 2.25 bits per heavy atom. The first-order chi connectivity index (χ1) is 13.7. The Morgan fingerprint density at radius 3 is 2.96 bits per heavy atom. The minimum absolute atomic E-state index is 0.0671. The van der Waals surface area contributed by atoms with Crippen molar-refractivity contribution in [3.05, 3.63) is 60.0 Å². The van der Waals surface area contributed by atoms with Crippen LogP contribution in [0.5, 0.6) is 0 Å². The number of pyridine rings is 1. The van der Waals surface area contributed by atoms with Gasteiger partial charge in [0.1, 0.15) is 17.6 Å². The first-order valence-corrected chi connectivity index (χ1v) is 9.15. The number of carbonyl (C=O) groups excluding carboxylic acids is 1. The summed E-state index contributed by atoms with van der Waals surface area (Å²) in [5.41, 5.74) is 0.802. The van der Waals surface area contributed by atoms with Gasteiger partial charge in [-0.1, -0.05) is 0 Å². The van der Waals surface area contributed by atoms with Crippen molar-refractivity contribution >= 4 is 5.91 Å². The Labute approximate surface area is 162 Å². The van der Waals surface area contributed by atoms with Gasteiger partial charge in [0.2, 0.25) is 0 Å².